The van der Waals surface area contributed by atoms with Gasteiger partial charge in [-0.3, -0.25) is 4.90 Å². The summed E-state index contributed by atoms with van der Waals surface area (Å²) in [4.78, 5) is 2.53. The molecule has 19 heavy (non-hydrogen) atoms. The van der Waals surface area contributed by atoms with E-state index in [0.29, 0.717) is 12.0 Å². The Labute approximate surface area is 117 Å². The first-order valence-corrected chi connectivity index (χ1v) is 7.95. The molecule has 112 valence electrons. The Hall–Kier alpha value is -0.160. The Morgan fingerprint density at radius 2 is 2.21 bits per heavy atom. The van der Waals surface area contributed by atoms with Gasteiger partial charge in [-0.1, -0.05) is 26.2 Å². The lowest BCUT2D eigenvalue weighted by Crippen LogP contribution is -2.54. The van der Waals surface area contributed by atoms with E-state index in [1.807, 2.05) is 0 Å². The minimum Gasteiger partial charge on any atom is -0.394 e. The van der Waals surface area contributed by atoms with Gasteiger partial charge in [-0.05, 0) is 31.2 Å². The summed E-state index contributed by atoms with van der Waals surface area (Å²) in [5, 5.41) is 9.29. The number of nitrogens with zero attached hydrogens (tertiary/aromatic N) is 1. The Morgan fingerprint density at radius 1 is 1.37 bits per heavy atom. The normalized spacial score (nSPS) is 37.4. The molecule has 1 saturated heterocycles. The minimum atomic E-state index is -0.00118. The van der Waals surface area contributed by atoms with Crippen LogP contribution >= 0.6 is 0 Å². The highest BCUT2D eigenvalue weighted by molar-refractivity contribution is 4.89. The van der Waals surface area contributed by atoms with E-state index in [0.717, 1.165) is 32.2 Å². The van der Waals surface area contributed by atoms with Crippen molar-refractivity contribution >= 4 is 0 Å². The van der Waals surface area contributed by atoms with Crippen LogP contribution in [-0.4, -0.2) is 55.0 Å². The number of morpholine rings is 1. The van der Waals surface area contributed by atoms with Gasteiger partial charge in [0.2, 0.25) is 0 Å². The second kappa shape index (κ2) is 7.58. The van der Waals surface area contributed by atoms with Crippen molar-refractivity contribution in [3.05, 3.63) is 0 Å². The molecule has 2 aliphatic rings. The Morgan fingerprint density at radius 3 is 2.89 bits per heavy atom. The SMILES string of the molecule is CCCC1CCC(CN)C(N2CCOC(CO)C2)C1. The van der Waals surface area contributed by atoms with Gasteiger partial charge in [0.15, 0.2) is 0 Å². The highest BCUT2D eigenvalue weighted by Gasteiger charge is 2.35. The molecule has 1 aliphatic carbocycles. The van der Waals surface area contributed by atoms with E-state index in [1.54, 1.807) is 0 Å². The standard InChI is InChI=1S/C15H30N2O2/c1-2-3-12-4-5-13(9-16)15(8-12)17-6-7-19-14(10-17)11-18/h12-15,18H,2-11,16H2,1H3. The lowest BCUT2D eigenvalue weighted by Gasteiger charge is -2.45. The zero-order valence-electron chi connectivity index (χ0n) is 12.3. The van der Waals surface area contributed by atoms with Crippen molar-refractivity contribution < 1.29 is 9.84 Å². The molecule has 2 rings (SSSR count). The minimum absolute atomic E-state index is 0.00118. The van der Waals surface area contributed by atoms with Crippen LogP contribution in [0.4, 0.5) is 0 Å². The van der Waals surface area contributed by atoms with Crippen molar-refractivity contribution in [3.63, 3.8) is 0 Å². The van der Waals surface area contributed by atoms with Gasteiger partial charge in [-0.15, -0.1) is 0 Å². The van der Waals surface area contributed by atoms with Crippen LogP contribution in [-0.2, 0) is 4.74 Å². The van der Waals surface area contributed by atoms with Crippen LogP contribution in [0.1, 0.15) is 39.0 Å². The fourth-order valence-electron chi connectivity index (χ4n) is 3.84. The molecule has 0 bridgehead atoms. The summed E-state index contributed by atoms with van der Waals surface area (Å²) in [5.41, 5.74) is 5.98. The van der Waals surface area contributed by atoms with Crippen molar-refractivity contribution in [2.45, 2.75) is 51.2 Å². The summed E-state index contributed by atoms with van der Waals surface area (Å²) in [7, 11) is 0. The molecule has 4 atom stereocenters. The number of rotatable bonds is 5. The van der Waals surface area contributed by atoms with Gasteiger partial charge in [0.1, 0.15) is 0 Å². The molecule has 1 heterocycles. The zero-order valence-corrected chi connectivity index (χ0v) is 12.3. The van der Waals surface area contributed by atoms with Crippen LogP contribution in [0.2, 0.25) is 0 Å². The molecule has 4 heteroatoms. The third kappa shape index (κ3) is 3.91. The fourth-order valence-corrected chi connectivity index (χ4v) is 3.84. The zero-order chi connectivity index (χ0) is 13.7. The van der Waals surface area contributed by atoms with Crippen molar-refractivity contribution in [2.75, 3.05) is 32.8 Å². The average molecular weight is 270 g/mol. The third-order valence-electron chi connectivity index (χ3n) is 4.91. The van der Waals surface area contributed by atoms with Crippen LogP contribution in [0.15, 0.2) is 0 Å². The van der Waals surface area contributed by atoms with Crippen LogP contribution < -0.4 is 5.73 Å². The Balaban J connectivity index is 1.96. The molecule has 4 unspecified atom stereocenters. The predicted octanol–water partition coefficient (Wildman–Crippen LogP) is 1.22. The molecule has 0 spiro atoms. The summed E-state index contributed by atoms with van der Waals surface area (Å²) in [6.07, 6.45) is 6.54. The monoisotopic (exact) mass is 270 g/mol. The van der Waals surface area contributed by atoms with E-state index in [2.05, 4.69) is 11.8 Å². The van der Waals surface area contributed by atoms with Gasteiger partial charge in [-0.2, -0.15) is 0 Å². The molecule has 0 aromatic rings. The molecule has 0 radical (unpaired) electrons. The second-order valence-electron chi connectivity index (χ2n) is 6.20. The maximum absolute atomic E-state index is 9.29. The van der Waals surface area contributed by atoms with Crippen molar-refractivity contribution in [3.8, 4) is 0 Å². The molecule has 2 fully saturated rings. The summed E-state index contributed by atoms with van der Waals surface area (Å²) < 4.78 is 5.57. The number of nitrogens with two attached hydrogens (primary N) is 1. The van der Waals surface area contributed by atoms with E-state index in [1.165, 1.54) is 32.1 Å². The van der Waals surface area contributed by atoms with Crippen LogP contribution in [0.25, 0.3) is 0 Å². The van der Waals surface area contributed by atoms with Gasteiger partial charge in [-0.25, -0.2) is 0 Å². The van der Waals surface area contributed by atoms with Crippen LogP contribution in [0.5, 0.6) is 0 Å². The quantitative estimate of drug-likeness (QED) is 0.789. The molecule has 3 N–H and O–H groups in total. The molecule has 4 nitrogen and oxygen atoms in total. The van der Waals surface area contributed by atoms with Gasteiger partial charge in [0.25, 0.3) is 0 Å². The number of aliphatic hydroxyl groups excluding tert-OH is 1. The Bertz CT molecular complexity index is 263. The molecule has 0 aromatic carbocycles. The lowest BCUT2D eigenvalue weighted by molar-refractivity contribution is -0.0790. The lowest BCUT2D eigenvalue weighted by atomic mass is 9.75. The van der Waals surface area contributed by atoms with E-state index < -0.39 is 0 Å². The summed E-state index contributed by atoms with van der Waals surface area (Å²) in [6, 6.07) is 0.605. The van der Waals surface area contributed by atoms with Crippen LogP contribution in [0.3, 0.4) is 0 Å². The topological polar surface area (TPSA) is 58.7 Å². The van der Waals surface area contributed by atoms with E-state index in [4.69, 9.17) is 10.5 Å². The maximum atomic E-state index is 9.29. The number of hydrogen-bond acceptors (Lipinski definition) is 4. The molecular weight excluding hydrogens is 240 g/mol. The average Bonchev–Trinajstić information content (AvgIpc) is 2.47. The number of aliphatic hydroxyl groups is 1. The third-order valence-corrected chi connectivity index (χ3v) is 4.91. The largest absolute Gasteiger partial charge is 0.394 e. The summed E-state index contributed by atoms with van der Waals surface area (Å²) >= 11 is 0. The summed E-state index contributed by atoms with van der Waals surface area (Å²) in [5.74, 6) is 1.50. The fraction of sp³-hybridized carbons (Fsp3) is 1.00. The van der Waals surface area contributed by atoms with Gasteiger partial charge in [0, 0.05) is 19.1 Å². The molecule has 1 saturated carbocycles. The van der Waals surface area contributed by atoms with Crippen LogP contribution in [0, 0.1) is 11.8 Å². The van der Waals surface area contributed by atoms with E-state index in [-0.39, 0.29) is 12.7 Å². The highest BCUT2D eigenvalue weighted by Crippen LogP contribution is 2.34. The number of ether oxygens (including phenoxy) is 1. The van der Waals surface area contributed by atoms with E-state index in [9.17, 15) is 5.11 Å². The van der Waals surface area contributed by atoms with Crippen molar-refractivity contribution in [1.82, 2.24) is 4.90 Å². The number of hydrogen-bond donors (Lipinski definition) is 2. The molecule has 1 aliphatic heterocycles. The van der Waals surface area contributed by atoms with Gasteiger partial charge < -0.3 is 15.6 Å². The Kier molecular flexibility index (Phi) is 6.07. The molecular formula is C15H30N2O2. The second-order valence-corrected chi connectivity index (χ2v) is 6.20. The van der Waals surface area contributed by atoms with Gasteiger partial charge >= 0.3 is 0 Å². The first-order valence-electron chi connectivity index (χ1n) is 7.95. The van der Waals surface area contributed by atoms with Crippen molar-refractivity contribution in [2.24, 2.45) is 17.6 Å². The summed E-state index contributed by atoms with van der Waals surface area (Å²) in [6.45, 7) is 5.82. The first-order chi connectivity index (χ1) is 9.28. The highest BCUT2D eigenvalue weighted by atomic mass is 16.5. The smallest absolute Gasteiger partial charge is 0.0932 e. The first kappa shape index (κ1) is 15.2. The predicted molar refractivity (Wildman–Crippen MR) is 77.0 cm³/mol. The maximum Gasteiger partial charge on any atom is 0.0932 e. The van der Waals surface area contributed by atoms with E-state index >= 15 is 0 Å². The molecule has 0 aromatic heterocycles. The van der Waals surface area contributed by atoms with Crippen molar-refractivity contribution in [1.29, 1.82) is 0 Å². The molecule has 0 amide bonds. The van der Waals surface area contributed by atoms with Gasteiger partial charge in [0.05, 0.1) is 19.3 Å².